The molecule has 1 unspecified atom stereocenters. The monoisotopic (exact) mass is 510 g/mol. The molecule has 0 spiro atoms. The van der Waals surface area contributed by atoms with Gasteiger partial charge in [-0.1, -0.05) is 11.6 Å². The first-order valence-corrected chi connectivity index (χ1v) is 13.1. The van der Waals surface area contributed by atoms with Gasteiger partial charge in [-0.25, -0.2) is 9.50 Å². The molecule has 10 heteroatoms. The van der Waals surface area contributed by atoms with E-state index >= 15 is 0 Å². The van der Waals surface area contributed by atoms with Gasteiger partial charge >= 0.3 is 0 Å². The second-order valence-electron chi connectivity index (χ2n) is 10.1. The number of rotatable bonds is 1. The first-order chi connectivity index (χ1) is 17.5. The minimum atomic E-state index is -0.307. The van der Waals surface area contributed by atoms with Crippen molar-refractivity contribution in [3.8, 4) is 5.75 Å². The molecule has 0 radical (unpaired) electrons. The molecule has 36 heavy (non-hydrogen) atoms. The Morgan fingerprint density at radius 2 is 1.97 bits per heavy atom. The van der Waals surface area contributed by atoms with Crippen LogP contribution in [0.1, 0.15) is 53.5 Å². The summed E-state index contributed by atoms with van der Waals surface area (Å²) in [7, 11) is 2.09. The number of piperidine rings is 1. The van der Waals surface area contributed by atoms with E-state index < -0.39 is 0 Å². The molecule has 6 rings (SSSR count). The van der Waals surface area contributed by atoms with E-state index in [0.717, 1.165) is 55.1 Å². The van der Waals surface area contributed by atoms with Gasteiger partial charge < -0.3 is 24.5 Å². The second kappa shape index (κ2) is 9.53. The number of nitrogens with zero attached hydrogens (tertiary/aromatic N) is 6. The van der Waals surface area contributed by atoms with E-state index in [-0.39, 0.29) is 18.1 Å². The molecular weight excluding hydrogens is 480 g/mol. The number of fused-ring (bicyclic) bond motifs is 4. The zero-order chi connectivity index (χ0) is 24.8. The minimum absolute atomic E-state index is 0.0790. The van der Waals surface area contributed by atoms with Crippen LogP contribution in [0.2, 0.25) is 5.02 Å². The van der Waals surface area contributed by atoms with Gasteiger partial charge in [0.15, 0.2) is 5.65 Å². The highest BCUT2D eigenvalue weighted by Crippen LogP contribution is 2.35. The zero-order valence-electron chi connectivity index (χ0n) is 20.4. The van der Waals surface area contributed by atoms with Gasteiger partial charge in [0, 0.05) is 49.9 Å². The number of aliphatic hydroxyl groups excluding tert-OH is 1. The Bertz CT molecular complexity index is 1290. The molecule has 3 aliphatic rings. The quantitative estimate of drug-likeness (QED) is 0.538. The van der Waals surface area contributed by atoms with Crippen molar-refractivity contribution in [1.29, 1.82) is 0 Å². The highest BCUT2D eigenvalue weighted by molar-refractivity contribution is 6.31. The fourth-order valence-electron chi connectivity index (χ4n) is 5.42. The van der Waals surface area contributed by atoms with Crippen molar-refractivity contribution in [2.45, 2.75) is 44.4 Å². The Morgan fingerprint density at radius 3 is 2.81 bits per heavy atom. The summed E-state index contributed by atoms with van der Waals surface area (Å²) in [5.74, 6) is 1.35. The Labute approximate surface area is 215 Å². The molecule has 1 aromatic carbocycles. The van der Waals surface area contributed by atoms with Gasteiger partial charge in [0.05, 0.1) is 35.7 Å². The van der Waals surface area contributed by atoms with Crippen molar-refractivity contribution in [2.24, 2.45) is 0 Å². The van der Waals surface area contributed by atoms with Crippen LogP contribution in [0, 0.1) is 0 Å². The second-order valence-corrected chi connectivity index (χ2v) is 10.5. The van der Waals surface area contributed by atoms with Crippen LogP contribution in [0.15, 0.2) is 30.3 Å². The molecule has 2 saturated heterocycles. The number of amides is 1. The van der Waals surface area contributed by atoms with Crippen molar-refractivity contribution in [1.82, 2.24) is 24.4 Å². The lowest BCUT2D eigenvalue weighted by Crippen LogP contribution is -2.51. The van der Waals surface area contributed by atoms with E-state index in [0.29, 0.717) is 49.1 Å². The summed E-state index contributed by atoms with van der Waals surface area (Å²) in [5, 5.41) is 15.3. The van der Waals surface area contributed by atoms with Crippen LogP contribution in [0.4, 0.5) is 5.82 Å². The molecule has 3 aromatic rings. The molecule has 3 aliphatic heterocycles. The molecule has 9 nitrogen and oxygen atoms in total. The number of benzene rings is 1. The van der Waals surface area contributed by atoms with E-state index in [2.05, 4.69) is 22.9 Å². The molecule has 0 aliphatic carbocycles. The number of hydrogen-bond acceptors (Lipinski definition) is 7. The number of ether oxygens (including phenoxy) is 1. The van der Waals surface area contributed by atoms with E-state index in [1.54, 1.807) is 18.2 Å². The van der Waals surface area contributed by atoms with Crippen molar-refractivity contribution >= 4 is 29.0 Å². The molecule has 1 amide bonds. The smallest absolute Gasteiger partial charge is 0.258 e. The standard InChI is InChI=1S/C26H31ClN6O3/c1-30-8-4-10-36-23-7-6-17(27)11-20(23)26(35)32-9-3-2-5-22(32)21-13-25-28-24(31-15-19(34)16-31)12-18(14-30)33(25)29-21/h6-7,11-13,19,22,34H,2-5,8-10,14-16H2,1H3. The summed E-state index contributed by atoms with van der Waals surface area (Å²) in [5.41, 5.74) is 3.15. The van der Waals surface area contributed by atoms with Gasteiger partial charge in [0.2, 0.25) is 0 Å². The number of aromatic nitrogens is 3. The van der Waals surface area contributed by atoms with Gasteiger partial charge in [0.1, 0.15) is 11.6 Å². The summed E-state index contributed by atoms with van der Waals surface area (Å²) < 4.78 is 8.01. The molecule has 2 bridgehead atoms. The van der Waals surface area contributed by atoms with Crippen molar-refractivity contribution in [2.75, 3.05) is 44.7 Å². The van der Waals surface area contributed by atoms with E-state index in [4.69, 9.17) is 26.4 Å². The Balaban J connectivity index is 1.45. The molecule has 2 aromatic heterocycles. The topological polar surface area (TPSA) is 86.4 Å². The average Bonchev–Trinajstić information content (AvgIpc) is 3.29. The Kier molecular flexibility index (Phi) is 6.23. The summed E-state index contributed by atoms with van der Waals surface area (Å²) in [4.78, 5) is 25.0. The van der Waals surface area contributed by atoms with E-state index in [1.807, 2.05) is 15.5 Å². The lowest BCUT2D eigenvalue weighted by atomic mass is 9.98. The third-order valence-corrected chi connectivity index (χ3v) is 7.58. The number of β-amino-alcohol motifs (C(OH)–C–C–N with tert-alkyl or cyclic N) is 1. The third kappa shape index (κ3) is 4.40. The van der Waals surface area contributed by atoms with Gasteiger partial charge in [-0.2, -0.15) is 5.10 Å². The molecule has 1 N–H and O–H groups in total. The predicted molar refractivity (Wildman–Crippen MR) is 137 cm³/mol. The normalized spacial score (nSPS) is 22.0. The summed E-state index contributed by atoms with van der Waals surface area (Å²) in [6, 6.07) is 9.22. The minimum Gasteiger partial charge on any atom is -0.493 e. The number of aliphatic hydroxyl groups is 1. The van der Waals surface area contributed by atoms with E-state index in [9.17, 15) is 9.90 Å². The maximum absolute atomic E-state index is 13.9. The molecular formula is C26H31ClN6O3. The number of halogens is 1. The van der Waals surface area contributed by atoms with Crippen molar-refractivity contribution < 1.29 is 14.6 Å². The SMILES string of the molecule is CN1CCCOc2ccc(Cl)cc2C(=O)N2CCCCC2c2cc3nc(N4CC(O)C4)cc(n3n2)C1. The summed E-state index contributed by atoms with van der Waals surface area (Å²) in [6.07, 6.45) is 3.32. The van der Waals surface area contributed by atoms with Gasteiger partial charge in [-0.3, -0.25) is 4.79 Å². The highest BCUT2D eigenvalue weighted by atomic mass is 35.5. The maximum atomic E-state index is 13.9. The molecule has 1 atom stereocenters. The number of carbonyl (C=O) groups excluding carboxylic acids is 1. The molecule has 190 valence electrons. The van der Waals surface area contributed by atoms with Crippen molar-refractivity contribution in [3.63, 3.8) is 0 Å². The fraction of sp³-hybridized carbons (Fsp3) is 0.500. The fourth-order valence-corrected chi connectivity index (χ4v) is 5.60. The van der Waals surface area contributed by atoms with Crippen LogP contribution < -0.4 is 9.64 Å². The number of carbonyl (C=O) groups is 1. The van der Waals surface area contributed by atoms with Crippen LogP contribution in [-0.4, -0.2) is 81.3 Å². The largest absolute Gasteiger partial charge is 0.493 e. The average molecular weight is 511 g/mol. The van der Waals surface area contributed by atoms with Gasteiger partial charge in [0.25, 0.3) is 5.91 Å². The van der Waals surface area contributed by atoms with E-state index in [1.165, 1.54) is 0 Å². The van der Waals surface area contributed by atoms with Crippen LogP contribution in [0.5, 0.6) is 5.75 Å². The Hall–Kier alpha value is -2.88. The van der Waals surface area contributed by atoms with Crippen LogP contribution in [0.3, 0.4) is 0 Å². The maximum Gasteiger partial charge on any atom is 0.258 e. The molecule has 2 fully saturated rings. The summed E-state index contributed by atoms with van der Waals surface area (Å²) >= 11 is 6.31. The Morgan fingerprint density at radius 1 is 1.11 bits per heavy atom. The molecule has 5 heterocycles. The first kappa shape index (κ1) is 23.5. The highest BCUT2D eigenvalue weighted by Gasteiger charge is 2.33. The third-order valence-electron chi connectivity index (χ3n) is 7.34. The van der Waals surface area contributed by atoms with Crippen LogP contribution in [-0.2, 0) is 6.54 Å². The van der Waals surface area contributed by atoms with Crippen LogP contribution >= 0.6 is 11.6 Å². The van der Waals surface area contributed by atoms with Gasteiger partial charge in [-0.05, 0) is 50.9 Å². The number of anilines is 1. The first-order valence-electron chi connectivity index (χ1n) is 12.7. The number of hydrogen-bond donors (Lipinski definition) is 1. The zero-order valence-corrected chi connectivity index (χ0v) is 21.2. The lowest BCUT2D eigenvalue weighted by molar-refractivity contribution is 0.0601. The van der Waals surface area contributed by atoms with Crippen LogP contribution in [0.25, 0.3) is 5.65 Å². The van der Waals surface area contributed by atoms with Crippen molar-refractivity contribution in [3.05, 3.63) is 52.3 Å². The lowest BCUT2D eigenvalue weighted by Gasteiger charge is -2.37. The predicted octanol–water partition coefficient (Wildman–Crippen LogP) is 3.15. The van der Waals surface area contributed by atoms with Gasteiger partial charge in [-0.15, -0.1) is 0 Å². The summed E-state index contributed by atoms with van der Waals surface area (Å²) in [6.45, 7) is 3.85. The molecule has 0 saturated carbocycles.